The third-order valence-electron chi connectivity index (χ3n) is 2.74. The molecule has 0 saturated carbocycles. The minimum atomic E-state index is -2.96. The zero-order valence-electron chi connectivity index (χ0n) is 11.2. The quantitative estimate of drug-likeness (QED) is 0.785. The van der Waals surface area contributed by atoms with Gasteiger partial charge in [0.15, 0.2) is 0 Å². The fourth-order valence-corrected chi connectivity index (χ4v) is 3.83. The highest BCUT2D eigenvalue weighted by molar-refractivity contribution is 8.00. The monoisotopic (exact) mass is 305 g/mol. The van der Waals surface area contributed by atoms with Crippen molar-refractivity contribution in [1.82, 2.24) is 0 Å². The zero-order chi connectivity index (χ0) is 14.5. The number of hydrogen-bond donors (Lipinski definition) is 1. The van der Waals surface area contributed by atoms with Crippen molar-refractivity contribution in [3.63, 3.8) is 0 Å². The van der Waals surface area contributed by atoms with Crippen molar-refractivity contribution in [3.05, 3.63) is 29.6 Å². The molecule has 0 aliphatic rings. The Labute approximate surface area is 118 Å². The number of benzene rings is 1. The smallest absolute Gasteiger partial charge is 0.148 e. The standard InChI is InChI=1S/C13H20FNO2S2/c1-3-12(15)9-10-8-11(14)4-5-13(10)18-6-7-19(2,16)17/h4-5,8,12H,3,6-7,9,15H2,1-2H3. The molecule has 1 rings (SSSR count). The van der Waals surface area contributed by atoms with Gasteiger partial charge < -0.3 is 5.73 Å². The van der Waals surface area contributed by atoms with E-state index in [2.05, 4.69) is 0 Å². The van der Waals surface area contributed by atoms with Gasteiger partial charge in [-0.1, -0.05) is 6.92 Å². The van der Waals surface area contributed by atoms with Crippen LogP contribution in [-0.2, 0) is 16.3 Å². The first kappa shape index (κ1) is 16.5. The summed E-state index contributed by atoms with van der Waals surface area (Å²) in [6, 6.07) is 4.57. The van der Waals surface area contributed by atoms with Crippen LogP contribution in [0.15, 0.2) is 23.1 Å². The molecule has 1 unspecified atom stereocenters. The minimum Gasteiger partial charge on any atom is -0.327 e. The number of sulfone groups is 1. The molecule has 3 nitrogen and oxygen atoms in total. The van der Waals surface area contributed by atoms with Crippen molar-refractivity contribution in [2.75, 3.05) is 17.8 Å². The third kappa shape index (κ3) is 6.40. The Morgan fingerprint density at radius 1 is 1.42 bits per heavy atom. The van der Waals surface area contributed by atoms with Crippen molar-refractivity contribution in [2.45, 2.75) is 30.7 Å². The zero-order valence-corrected chi connectivity index (χ0v) is 12.9. The number of halogens is 1. The summed E-state index contributed by atoms with van der Waals surface area (Å²) < 4.78 is 35.4. The molecule has 0 aliphatic heterocycles. The van der Waals surface area contributed by atoms with E-state index in [4.69, 9.17) is 5.73 Å². The molecule has 0 heterocycles. The summed E-state index contributed by atoms with van der Waals surface area (Å²) in [4.78, 5) is 0.911. The van der Waals surface area contributed by atoms with Crippen LogP contribution in [0.2, 0.25) is 0 Å². The van der Waals surface area contributed by atoms with E-state index in [0.717, 1.165) is 16.9 Å². The largest absolute Gasteiger partial charge is 0.327 e. The molecule has 0 amide bonds. The Morgan fingerprint density at radius 2 is 2.11 bits per heavy atom. The molecule has 0 aromatic heterocycles. The maximum absolute atomic E-state index is 13.3. The lowest BCUT2D eigenvalue weighted by Gasteiger charge is -2.13. The summed E-state index contributed by atoms with van der Waals surface area (Å²) in [5.41, 5.74) is 6.75. The average molecular weight is 305 g/mol. The Hall–Kier alpha value is -0.590. The van der Waals surface area contributed by atoms with Gasteiger partial charge in [0.25, 0.3) is 0 Å². The maximum Gasteiger partial charge on any atom is 0.148 e. The Balaban J connectivity index is 2.76. The van der Waals surface area contributed by atoms with Gasteiger partial charge in [0.1, 0.15) is 15.7 Å². The van der Waals surface area contributed by atoms with Crippen LogP contribution >= 0.6 is 11.8 Å². The van der Waals surface area contributed by atoms with E-state index >= 15 is 0 Å². The minimum absolute atomic E-state index is 0.00365. The van der Waals surface area contributed by atoms with E-state index in [1.807, 2.05) is 6.92 Å². The van der Waals surface area contributed by atoms with Gasteiger partial charge in [-0.25, -0.2) is 12.8 Å². The molecule has 0 radical (unpaired) electrons. The summed E-state index contributed by atoms with van der Waals surface area (Å²) in [6.45, 7) is 1.99. The van der Waals surface area contributed by atoms with Crippen LogP contribution in [0.1, 0.15) is 18.9 Å². The average Bonchev–Trinajstić information content (AvgIpc) is 2.30. The first-order valence-electron chi connectivity index (χ1n) is 6.16. The second-order valence-electron chi connectivity index (χ2n) is 4.60. The summed E-state index contributed by atoms with van der Waals surface area (Å²) >= 11 is 1.43. The lowest BCUT2D eigenvalue weighted by Crippen LogP contribution is -2.21. The predicted octanol–water partition coefficient (Wildman–Crippen LogP) is 2.24. The Kier molecular flexibility index (Phi) is 6.29. The summed E-state index contributed by atoms with van der Waals surface area (Å²) in [7, 11) is -2.96. The lowest BCUT2D eigenvalue weighted by molar-refractivity contribution is 0.603. The molecule has 0 spiro atoms. The van der Waals surface area contributed by atoms with E-state index in [1.165, 1.54) is 30.2 Å². The van der Waals surface area contributed by atoms with Crippen molar-refractivity contribution in [3.8, 4) is 0 Å². The van der Waals surface area contributed by atoms with Crippen LogP contribution in [0.25, 0.3) is 0 Å². The van der Waals surface area contributed by atoms with Gasteiger partial charge in [-0.2, -0.15) is 0 Å². The van der Waals surface area contributed by atoms with Crippen LogP contribution in [-0.4, -0.2) is 32.2 Å². The predicted molar refractivity (Wildman–Crippen MR) is 78.8 cm³/mol. The molecule has 6 heteroatoms. The van der Waals surface area contributed by atoms with Gasteiger partial charge in [0, 0.05) is 22.9 Å². The fraction of sp³-hybridized carbons (Fsp3) is 0.538. The molecular formula is C13H20FNO2S2. The third-order valence-corrected chi connectivity index (χ3v) is 5.06. The molecule has 1 aromatic rings. The highest BCUT2D eigenvalue weighted by atomic mass is 32.2. The fourth-order valence-electron chi connectivity index (χ4n) is 1.58. The van der Waals surface area contributed by atoms with E-state index in [0.29, 0.717) is 12.2 Å². The first-order valence-corrected chi connectivity index (χ1v) is 9.21. The second kappa shape index (κ2) is 7.26. The van der Waals surface area contributed by atoms with Crippen LogP contribution in [0.3, 0.4) is 0 Å². The van der Waals surface area contributed by atoms with E-state index < -0.39 is 9.84 Å². The molecule has 108 valence electrons. The number of hydrogen-bond acceptors (Lipinski definition) is 4. The van der Waals surface area contributed by atoms with Crippen LogP contribution in [0, 0.1) is 5.82 Å². The molecule has 1 aromatic carbocycles. The molecular weight excluding hydrogens is 285 g/mol. The van der Waals surface area contributed by atoms with Gasteiger partial charge in [0.05, 0.1) is 5.75 Å². The molecule has 0 aliphatic carbocycles. The number of thioether (sulfide) groups is 1. The van der Waals surface area contributed by atoms with Crippen molar-refractivity contribution >= 4 is 21.6 Å². The van der Waals surface area contributed by atoms with Crippen molar-refractivity contribution in [2.24, 2.45) is 5.73 Å². The molecule has 2 N–H and O–H groups in total. The Morgan fingerprint density at radius 3 is 2.68 bits per heavy atom. The highest BCUT2D eigenvalue weighted by Crippen LogP contribution is 2.25. The molecule has 0 bridgehead atoms. The van der Waals surface area contributed by atoms with Gasteiger partial charge in [-0.05, 0) is 36.6 Å². The molecule has 0 saturated heterocycles. The van der Waals surface area contributed by atoms with Crippen LogP contribution < -0.4 is 5.73 Å². The SMILES string of the molecule is CCC(N)Cc1cc(F)ccc1SCCS(C)(=O)=O. The van der Waals surface area contributed by atoms with Crippen molar-refractivity contribution in [1.29, 1.82) is 0 Å². The summed E-state index contributed by atoms with van der Waals surface area (Å²) in [5, 5.41) is 0. The van der Waals surface area contributed by atoms with Crippen LogP contribution in [0.4, 0.5) is 4.39 Å². The molecule has 1 atom stereocenters. The summed E-state index contributed by atoms with van der Waals surface area (Å²) in [5.74, 6) is 0.304. The van der Waals surface area contributed by atoms with Crippen LogP contribution in [0.5, 0.6) is 0 Å². The maximum atomic E-state index is 13.3. The van der Waals surface area contributed by atoms with E-state index in [9.17, 15) is 12.8 Å². The van der Waals surface area contributed by atoms with Crippen molar-refractivity contribution < 1.29 is 12.8 Å². The van der Waals surface area contributed by atoms with Gasteiger partial charge in [-0.15, -0.1) is 11.8 Å². The second-order valence-corrected chi connectivity index (χ2v) is 8.00. The topological polar surface area (TPSA) is 60.2 Å². The number of rotatable bonds is 7. The molecule has 19 heavy (non-hydrogen) atoms. The lowest BCUT2D eigenvalue weighted by atomic mass is 10.0. The van der Waals surface area contributed by atoms with E-state index in [1.54, 1.807) is 6.07 Å². The normalized spacial score (nSPS) is 13.5. The number of nitrogens with two attached hydrogens (primary N) is 1. The molecule has 0 fully saturated rings. The van der Waals surface area contributed by atoms with Gasteiger partial charge >= 0.3 is 0 Å². The van der Waals surface area contributed by atoms with Gasteiger partial charge in [0.2, 0.25) is 0 Å². The first-order chi connectivity index (χ1) is 8.81. The van der Waals surface area contributed by atoms with E-state index in [-0.39, 0.29) is 17.6 Å². The van der Waals surface area contributed by atoms with Gasteiger partial charge in [-0.3, -0.25) is 0 Å². The Bertz CT molecular complexity index is 517. The summed E-state index contributed by atoms with van der Waals surface area (Å²) in [6.07, 6.45) is 2.64. The highest BCUT2D eigenvalue weighted by Gasteiger charge is 2.10.